The number of ether oxygens (including phenoxy) is 1. The van der Waals surface area contributed by atoms with Gasteiger partial charge in [0.1, 0.15) is 5.75 Å². The van der Waals surface area contributed by atoms with Gasteiger partial charge < -0.3 is 15.4 Å². The number of carbonyl (C=O) groups excluding carboxylic acids is 2. The van der Waals surface area contributed by atoms with Gasteiger partial charge in [0.25, 0.3) is 5.91 Å². The lowest BCUT2D eigenvalue weighted by atomic mass is 10.0. The van der Waals surface area contributed by atoms with Crippen molar-refractivity contribution in [1.29, 1.82) is 0 Å². The van der Waals surface area contributed by atoms with Crippen molar-refractivity contribution < 1.29 is 14.3 Å². The molecule has 1 atom stereocenters. The molecule has 0 aliphatic carbocycles. The molecule has 3 aromatic carbocycles. The van der Waals surface area contributed by atoms with E-state index < -0.39 is 6.04 Å². The summed E-state index contributed by atoms with van der Waals surface area (Å²) in [5, 5.41) is 6.12. The van der Waals surface area contributed by atoms with E-state index in [0.717, 1.165) is 5.56 Å². The number of rotatable bonds is 7. The van der Waals surface area contributed by atoms with Gasteiger partial charge in [-0.3, -0.25) is 9.59 Å². The van der Waals surface area contributed by atoms with Crippen LogP contribution in [0.4, 0.5) is 5.69 Å². The van der Waals surface area contributed by atoms with E-state index in [1.165, 1.54) is 0 Å². The minimum absolute atomic E-state index is 0.0538. The zero-order valence-corrected chi connectivity index (χ0v) is 16.6. The number of hydrogen-bond donors (Lipinski definition) is 2. The van der Waals surface area contributed by atoms with E-state index in [9.17, 15) is 9.59 Å². The van der Waals surface area contributed by atoms with Gasteiger partial charge in [0.15, 0.2) is 0 Å². The Hall–Kier alpha value is -3.31. The molecule has 0 saturated carbocycles. The van der Waals surface area contributed by atoms with Crippen LogP contribution >= 0.6 is 11.6 Å². The number of amides is 2. The van der Waals surface area contributed by atoms with Gasteiger partial charge in [-0.15, -0.1) is 0 Å². The quantitative estimate of drug-likeness (QED) is 0.587. The van der Waals surface area contributed by atoms with Crippen LogP contribution in [0.1, 0.15) is 28.4 Å². The zero-order valence-electron chi connectivity index (χ0n) is 15.9. The summed E-state index contributed by atoms with van der Waals surface area (Å²) >= 11 is 6.14. The summed E-state index contributed by atoms with van der Waals surface area (Å²) in [7, 11) is 1.54. The molecule has 0 fully saturated rings. The highest BCUT2D eigenvalue weighted by atomic mass is 35.5. The zero-order chi connectivity index (χ0) is 20.6. The van der Waals surface area contributed by atoms with Crippen molar-refractivity contribution >= 4 is 29.1 Å². The molecular formula is C23H21ClN2O3. The maximum absolute atomic E-state index is 12.7. The molecule has 2 amide bonds. The first-order chi connectivity index (χ1) is 14.1. The molecule has 0 bridgehead atoms. The Morgan fingerprint density at radius 3 is 2.31 bits per heavy atom. The molecule has 3 aromatic rings. The van der Waals surface area contributed by atoms with Crippen molar-refractivity contribution in [2.45, 2.75) is 12.5 Å². The van der Waals surface area contributed by atoms with Gasteiger partial charge in [-0.1, -0.05) is 66.2 Å². The van der Waals surface area contributed by atoms with E-state index in [-0.39, 0.29) is 18.2 Å². The van der Waals surface area contributed by atoms with Crippen molar-refractivity contribution in [2.75, 3.05) is 12.4 Å². The van der Waals surface area contributed by atoms with Gasteiger partial charge in [0, 0.05) is 0 Å². The topological polar surface area (TPSA) is 67.4 Å². The fraction of sp³-hybridized carbons (Fsp3) is 0.130. The summed E-state index contributed by atoms with van der Waals surface area (Å²) in [4.78, 5) is 25.4. The number of benzene rings is 3. The third-order valence-corrected chi connectivity index (χ3v) is 4.73. The van der Waals surface area contributed by atoms with Crippen LogP contribution in [-0.4, -0.2) is 18.9 Å². The van der Waals surface area contributed by atoms with Gasteiger partial charge >= 0.3 is 0 Å². The summed E-state index contributed by atoms with van der Waals surface area (Å²) in [6.07, 6.45) is 0.0538. The van der Waals surface area contributed by atoms with Crippen LogP contribution < -0.4 is 15.4 Å². The highest BCUT2D eigenvalue weighted by Crippen LogP contribution is 2.25. The Labute approximate surface area is 174 Å². The van der Waals surface area contributed by atoms with Gasteiger partial charge in [0.2, 0.25) is 5.91 Å². The molecular weight excluding hydrogens is 388 g/mol. The second-order valence-electron chi connectivity index (χ2n) is 6.37. The molecule has 0 saturated heterocycles. The lowest BCUT2D eigenvalue weighted by Crippen LogP contribution is -2.31. The Morgan fingerprint density at radius 2 is 1.59 bits per heavy atom. The van der Waals surface area contributed by atoms with E-state index >= 15 is 0 Å². The average molecular weight is 409 g/mol. The molecule has 0 aliphatic heterocycles. The van der Waals surface area contributed by atoms with E-state index in [4.69, 9.17) is 16.3 Å². The van der Waals surface area contributed by atoms with Crippen LogP contribution in [0.25, 0.3) is 0 Å². The number of halogens is 1. The molecule has 0 aromatic heterocycles. The van der Waals surface area contributed by atoms with Gasteiger partial charge in [0.05, 0.1) is 35.8 Å². The Morgan fingerprint density at radius 1 is 0.931 bits per heavy atom. The normalized spacial score (nSPS) is 11.4. The molecule has 5 nitrogen and oxygen atoms in total. The number of anilines is 1. The van der Waals surface area contributed by atoms with Crippen molar-refractivity contribution in [1.82, 2.24) is 5.32 Å². The molecule has 0 aliphatic rings. The fourth-order valence-corrected chi connectivity index (χ4v) is 3.18. The number of para-hydroxylation sites is 2. The second kappa shape index (κ2) is 9.75. The lowest BCUT2D eigenvalue weighted by Gasteiger charge is -2.20. The van der Waals surface area contributed by atoms with Gasteiger partial charge in [-0.2, -0.15) is 0 Å². The van der Waals surface area contributed by atoms with E-state index in [1.807, 2.05) is 42.5 Å². The van der Waals surface area contributed by atoms with Crippen molar-refractivity contribution in [3.05, 3.63) is 95.0 Å². The molecule has 0 radical (unpaired) electrons. The van der Waals surface area contributed by atoms with Gasteiger partial charge in [-0.25, -0.2) is 0 Å². The van der Waals surface area contributed by atoms with Crippen molar-refractivity contribution in [2.24, 2.45) is 0 Å². The summed E-state index contributed by atoms with van der Waals surface area (Å²) < 4.78 is 5.27. The maximum Gasteiger partial charge on any atom is 0.253 e. The van der Waals surface area contributed by atoms with Crippen LogP contribution in [-0.2, 0) is 4.79 Å². The minimum atomic E-state index is -0.519. The molecule has 148 valence electrons. The number of nitrogens with one attached hydrogen (secondary N) is 2. The summed E-state index contributed by atoms with van der Waals surface area (Å²) in [5.74, 6) is -0.0189. The van der Waals surface area contributed by atoms with Crippen LogP contribution in [0.2, 0.25) is 5.02 Å². The van der Waals surface area contributed by atoms with Gasteiger partial charge in [-0.05, 0) is 29.8 Å². The predicted octanol–water partition coefficient (Wildman–Crippen LogP) is 4.85. The summed E-state index contributed by atoms with van der Waals surface area (Å²) in [5.41, 5.74) is 1.76. The molecule has 2 N–H and O–H groups in total. The molecule has 0 unspecified atom stereocenters. The Bertz CT molecular complexity index is 992. The molecule has 3 rings (SSSR count). The highest BCUT2D eigenvalue weighted by Gasteiger charge is 2.21. The van der Waals surface area contributed by atoms with E-state index in [0.29, 0.717) is 22.0 Å². The summed E-state index contributed by atoms with van der Waals surface area (Å²) in [6.45, 7) is 0. The molecule has 0 spiro atoms. The third-order valence-electron chi connectivity index (χ3n) is 4.40. The largest absolute Gasteiger partial charge is 0.495 e. The van der Waals surface area contributed by atoms with Crippen LogP contribution in [0, 0.1) is 0 Å². The lowest BCUT2D eigenvalue weighted by molar-refractivity contribution is -0.116. The maximum atomic E-state index is 12.7. The number of methoxy groups -OCH3 is 1. The standard InChI is InChI=1S/C23H21ClN2O3/c1-29-21-14-8-7-13-19(21)25-22(27)15-20(16-9-3-2-4-10-16)26-23(28)17-11-5-6-12-18(17)24/h2-14,20H,15H2,1H3,(H,25,27)(H,26,28)/t20-/m1/s1. The number of carbonyl (C=O) groups is 2. The third kappa shape index (κ3) is 5.36. The highest BCUT2D eigenvalue weighted by molar-refractivity contribution is 6.33. The smallest absolute Gasteiger partial charge is 0.253 e. The Kier molecular flexibility index (Phi) is 6.87. The first-order valence-corrected chi connectivity index (χ1v) is 9.49. The minimum Gasteiger partial charge on any atom is -0.495 e. The fourth-order valence-electron chi connectivity index (χ4n) is 2.95. The van der Waals surface area contributed by atoms with E-state index in [1.54, 1.807) is 43.5 Å². The molecule has 29 heavy (non-hydrogen) atoms. The Balaban J connectivity index is 1.78. The average Bonchev–Trinajstić information content (AvgIpc) is 2.74. The first-order valence-electron chi connectivity index (χ1n) is 9.11. The molecule has 6 heteroatoms. The van der Waals surface area contributed by atoms with Crippen molar-refractivity contribution in [3.63, 3.8) is 0 Å². The first kappa shape index (κ1) is 20.4. The van der Waals surface area contributed by atoms with Crippen LogP contribution in [0.5, 0.6) is 5.75 Å². The van der Waals surface area contributed by atoms with Crippen LogP contribution in [0.15, 0.2) is 78.9 Å². The monoisotopic (exact) mass is 408 g/mol. The number of hydrogen-bond acceptors (Lipinski definition) is 3. The second-order valence-corrected chi connectivity index (χ2v) is 6.78. The van der Waals surface area contributed by atoms with E-state index in [2.05, 4.69) is 10.6 Å². The summed E-state index contributed by atoms with van der Waals surface area (Å²) in [6, 6.07) is 22.8. The molecule has 0 heterocycles. The van der Waals surface area contributed by atoms with Crippen molar-refractivity contribution in [3.8, 4) is 5.75 Å². The van der Waals surface area contributed by atoms with Crippen LogP contribution in [0.3, 0.4) is 0 Å². The SMILES string of the molecule is COc1ccccc1NC(=O)C[C@@H](NC(=O)c1ccccc1Cl)c1ccccc1. The predicted molar refractivity (Wildman–Crippen MR) is 114 cm³/mol.